The number of rotatable bonds is 8. The van der Waals surface area contributed by atoms with E-state index in [4.69, 9.17) is 15.6 Å². The van der Waals surface area contributed by atoms with E-state index in [9.17, 15) is 19.7 Å². The van der Waals surface area contributed by atoms with Crippen LogP contribution in [0, 0.1) is 10.1 Å². The quantitative estimate of drug-likeness (QED) is 0.487. The number of nitro groups is 1. The van der Waals surface area contributed by atoms with Crippen molar-refractivity contribution in [3.8, 4) is 0 Å². The van der Waals surface area contributed by atoms with Crippen LogP contribution in [0.15, 0.2) is 12.3 Å². The average molecular weight is 298 g/mol. The molecule has 0 saturated carbocycles. The van der Waals surface area contributed by atoms with Crippen LogP contribution in [0.3, 0.4) is 0 Å². The summed E-state index contributed by atoms with van der Waals surface area (Å²) in [7, 11) is 1.43. The molecule has 0 unspecified atom stereocenters. The number of carbonyl (C=O) groups excluding carboxylic acids is 1. The molecule has 1 amide bonds. The lowest BCUT2D eigenvalue weighted by molar-refractivity contribution is -0.385. The van der Waals surface area contributed by atoms with E-state index >= 15 is 0 Å². The number of hydrogen-bond donors (Lipinski definition) is 2. The lowest BCUT2D eigenvalue weighted by Gasteiger charge is -2.22. The van der Waals surface area contributed by atoms with Crippen LogP contribution in [0.25, 0.3) is 0 Å². The number of carbonyl (C=O) groups is 2. The smallest absolute Gasteiger partial charge is 0.323 e. The predicted octanol–water partition coefficient (Wildman–Crippen LogP) is -0.374. The molecule has 1 aromatic rings. The number of aromatic nitrogens is 1. The number of aliphatic carboxylic acids is 1. The van der Waals surface area contributed by atoms with Crippen molar-refractivity contribution < 1.29 is 24.4 Å². The highest BCUT2D eigenvalue weighted by Crippen LogP contribution is 2.22. The Kier molecular flexibility index (Phi) is 5.55. The van der Waals surface area contributed by atoms with Gasteiger partial charge < -0.3 is 20.5 Å². The predicted molar refractivity (Wildman–Crippen MR) is 71.1 cm³/mol. The highest BCUT2D eigenvalue weighted by atomic mass is 16.6. The number of nitrogens with two attached hydrogens (primary N) is 1. The summed E-state index contributed by atoms with van der Waals surface area (Å²) in [6.07, 6.45) is 0.934. The number of carboxylic acids is 1. The van der Waals surface area contributed by atoms with Crippen LogP contribution in [0.4, 0.5) is 11.5 Å². The molecule has 21 heavy (non-hydrogen) atoms. The number of carboxylic acid groups (broad SMARTS) is 1. The number of pyridine rings is 1. The van der Waals surface area contributed by atoms with Crippen LogP contribution in [-0.2, 0) is 9.53 Å². The van der Waals surface area contributed by atoms with Crippen molar-refractivity contribution in [2.24, 2.45) is 5.73 Å². The second-order valence-corrected chi connectivity index (χ2v) is 3.99. The normalized spacial score (nSPS) is 10.1. The summed E-state index contributed by atoms with van der Waals surface area (Å²) in [6.45, 7) is -0.132. The van der Waals surface area contributed by atoms with Crippen LogP contribution in [0.1, 0.15) is 10.4 Å². The highest BCUT2D eigenvalue weighted by Gasteiger charge is 2.22. The molecule has 0 bridgehead atoms. The van der Waals surface area contributed by atoms with Gasteiger partial charge in [0, 0.05) is 19.7 Å². The first-order valence-electron chi connectivity index (χ1n) is 5.76. The SMILES string of the molecule is COCCN(CC(=O)O)c1ncc([N+](=O)[O-])cc1C(N)=O. The van der Waals surface area contributed by atoms with Gasteiger partial charge in [0.1, 0.15) is 18.6 Å². The average Bonchev–Trinajstić information content (AvgIpc) is 2.42. The first kappa shape index (κ1) is 16.3. The summed E-state index contributed by atoms with van der Waals surface area (Å²) >= 11 is 0. The first-order chi connectivity index (χ1) is 9.86. The van der Waals surface area contributed by atoms with Gasteiger partial charge in [-0.3, -0.25) is 19.7 Å². The molecule has 0 atom stereocenters. The topological polar surface area (TPSA) is 149 Å². The molecule has 10 heteroatoms. The molecule has 1 rings (SSSR count). The zero-order valence-corrected chi connectivity index (χ0v) is 11.2. The number of nitrogens with zero attached hydrogens (tertiary/aromatic N) is 3. The molecule has 3 N–H and O–H groups in total. The molecule has 1 aromatic heterocycles. The Bertz CT molecular complexity index is 562. The van der Waals surface area contributed by atoms with Gasteiger partial charge in [-0.1, -0.05) is 0 Å². The Morgan fingerprint density at radius 3 is 2.71 bits per heavy atom. The summed E-state index contributed by atoms with van der Waals surface area (Å²) in [5.74, 6) is -2.12. The number of anilines is 1. The number of amides is 1. The maximum absolute atomic E-state index is 11.4. The van der Waals surface area contributed by atoms with Gasteiger partial charge in [0.25, 0.3) is 11.6 Å². The van der Waals surface area contributed by atoms with E-state index in [0.717, 1.165) is 12.3 Å². The lowest BCUT2D eigenvalue weighted by atomic mass is 10.2. The molecule has 0 aliphatic rings. The Morgan fingerprint density at radius 2 is 2.24 bits per heavy atom. The third kappa shape index (κ3) is 4.38. The van der Waals surface area contributed by atoms with E-state index in [0.29, 0.717) is 0 Å². The number of methoxy groups -OCH3 is 1. The Labute approximate surface area is 119 Å². The maximum Gasteiger partial charge on any atom is 0.323 e. The zero-order chi connectivity index (χ0) is 16.0. The monoisotopic (exact) mass is 298 g/mol. The van der Waals surface area contributed by atoms with Crippen molar-refractivity contribution in [1.29, 1.82) is 0 Å². The zero-order valence-electron chi connectivity index (χ0n) is 11.2. The number of ether oxygens (including phenoxy) is 1. The number of primary amides is 1. The summed E-state index contributed by atoms with van der Waals surface area (Å²) in [4.78, 5) is 37.3. The van der Waals surface area contributed by atoms with Gasteiger partial charge in [-0.2, -0.15) is 0 Å². The summed E-state index contributed by atoms with van der Waals surface area (Å²) in [5.41, 5.74) is 4.55. The van der Waals surface area contributed by atoms with Crippen molar-refractivity contribution in [2.45, 2.75) is 0 Å². The minimum absolute atomic E-state index is 0.0347. The van der Waals surface area contributed by atoms with Gasteiger partial charge in [0.05, 0.1) is 17.1 Å². The van der Waals surface area contributed by atoms with Crippen molar-refractivity contribution in [3.63, 3.8) is 0 Å². The highest BCUT2D eigenvalue weighted by molar-refractivity contribution is 5.98. The van der Waals surface area contributed by atoms with Gasteiger partial charge in [-0.25, -0.2) is 4.98 Å². The molecule has 114 valence electrons. The fourth-order valence-corrected chi connectivity index (χ4v) is 1.60. The molecule has 0 saturated heterocycles. The summed E-state index contributed by atoms with van der Waals surface area (Å²) in [6, 6.07) is 0.965. The first-order valence-corrected chi connectivity index (χ1v) is 5.76. The van der Waals surface area contributed by atoms with Crippen LogP contribution in [0.2, 0.25) is 0 Å². The fourth-order valence-electron chi connectivity index (χ4n) is 1.60. The molecule has 0 spiro atoms. The van der Waals surface area contributed by atoms with E-state index in [2.05, 4.69) is 4.98 Å². The Balaban J connectivity index is 3.24. The van der Waals surface area contributed by atoms with E-state index in [1.165, 1.54) is 12.0 Å². The summed E-state index contributed by atoms with van der Waals surface area (Å²) in [5, 5.41) is 19.6. The molecular weight excluding hydrogens is 284 g/mol. The molecule has 0 aliphatic carbocycles. The maximum atomic E-state index is 11.4. The third-order valence-corrected chi connectivity index (χ3v) is 2.52. The van der Waals surface area contributed by atoms with E-state index in [1.54, 1.807) is 0 Å². The molecule has 0 radical (unpaired) electrons. The van der Waals surface area contributed by atoms with Gasteiger partial charge >= 0.3 is 5.97 Å². The molecule has 0 aromatic carbocycles. The molecular formula is C11H14N4O6. The van der Waals surface area contributed by atoms with Crippen LogP contribution in [0.5, 0.6) is 0 Å². The fraction of sp³-hybridized carbons (Fsp3) is 0.364. The standard InChI is InChI=1S/C11H14N4O6/c1-21-3-2-14(6-9(16)17)11-8(10(12)18)4-7(5-13-11)15(19)20/h4-5H,2-3,6H2,1H3,(H2,12,18)(H,16,17). The third-order valence-electron chi connectivity index (χ3n) is 2.52. The molecule has 0 aliphatic heterocycles. The Hall–Kier alpha value is -2.75. The number of hydrogen-bond acceptors (Lipinski definition) is 7. The van der Waals surface area contributed by atoms with Gasteiger partial charge in [0.2, 0.25) is 0 Å². The minimum atomic E-state index is -1.15. The Morgan fingerprint density at radius 1 is 1.57 bits per heavy atom. The van der Waals surface area contributed by atoms with Crippen molar-refractivity contribution >= 4 is 23.4 Å². The van der Waals surface area contributed by atoms with Crippen LogP contribution < -0.4 is 10.6 Å². The molecule has 0 fully saturated rings. The largest absolute Gasteiger partial charge is 0.480 e. The van der Waals surface area contributed by atoms with Crippen LogP contribution >= 0.6 is 0 Å². The van der Waals surface area contributed by atoms with Crippen molar-refractivity contribution in [3.05, 3.63) is 27.9 Å². The van der Waals surface area contributed by atoms with E-state index in [-0.39, 0.29) is 24.5 Å². The van der Waals surface area contributed by atoms with Gasteiger partial charge in [-0.15, -0.1) is 0 Å². The molecule has 1 heterocycles. The van der Waals surface area contributed by atoms with Crippen LogP contribution in [-0.4, -0.2) is 53.7 Å². The van der Waals surface area contributed by atoms with Gasteiger partial charge in [0.15, 0.2) is 0 Å². The van der Waals surface area contributed by atoms with E-state index < -0.39 is 29.0 Å². The second kappa shape index (κ2) is 7.14. The minimum Gasteiger partial charge on any atom is -0.480 e. The van der Waals surface area contributed by atoms with Gasteiger partial charge in [-0.05, 0) is 0 Å². The van der Waals surface area contributed by atoms with Crippen molar-refractivity contribution in [2.75, 3.05) is 31.7 Å². The molecule has 10 nitrogen and oxygen atoms in total. The van der Waals surface area contributed by atoms with Crippen molar-refractivity contribution in [1.82, 2.24) is 4.98 Å². The summed E-state index contributed by atoms with van der Waals surface area (Å²) < 4.78 is 4.85. The lowest BCUT2D eigenvalue weighted by Crippen LogP contribution is -2.35. The van der Waals surface area contributed by atoms with E-state index in [1.807, 2.05) is 0 Å². The second-order valence-electron chi connectivity index (χ2n) is 3.99.